The number of rotatable bonds is 5. The number of Topliss-reactive ketones (excluding diaryl/α,β-unsaturated/α-hetero) is 1. The Kier molecular flexibility index (Phi) is 5.42. The first-order chi connectivity index (χ1) is 13.2. The molecule has 0 aliphatic carbocycles. The minimum Gasteiger partial charge on any atom is -0.462 e. The van der Waals surface area contributed by atoms with Gasteiger partial charge in [0.25, 0.3) is 5.56 Å². The molecule has 0 spiro atoms. The molecule has 0 amide bonds. The molecule has 0 saturated heterocycles. The van der Waals surface area contributed by atoms with E-state index in [-0.39, 0.29) is 24.5 Å². The van der Waals surface area contributed by atoms with Crippen molar-refractivity contribution in [2.24, 2.45) is 0 Å². The number of nitrogens with zero attached hydrogens (tertiary/aromatic N) is 2. The lowest BCUT2D eigenvalue weighted by atomic mass is 10.1. The molecule has 6 nitrogen and oxygen atoms in total. The number of fused-ring (bicyclic) bond motifs is 1. The smallest absolute Gasteiger partial charge is 0.348 e. The van der Waals surface area contributed by atoms with E-state index < -0.39 is 11.8 Å². The summed E-state index contributed by atoms with van der Waals surface area (Å²) in [6.07, 6.45) is 0. The highest BCUT2D eigenvalue weighted by Crippen LogP contribution is 2.28. The summed E-state index contributed by atoms with van der Waals surface area (Å²) >= 11 is 1.10. The first-order valence-electron chi connectivity index (χ1n) is 8.71. The second kappa shape index (κ2) is 7.63. The number of aromatic nitrogens is 2. The molecular formula is C20H19FN2O4S. The van der Waals surface area contributed by atoms with Gasteiger partial charge in [0, 0.05) is 5.56 Å². The van der Waals surface area contributed by atoms with E-state index >= 15 is 0 Å². The maximum atomic E-state index is 13.4. The summed E-state index contributed by atoms with van der Waals surface area (Å²) in [6, 6.07) is 4.08. The molecule has 0 unspecified atom stereocenters. The fourth-order valence-corrected chi connectivity index (χ4v) is 4.06. The molecular weight excluding hydrogens is 383 g/mol. The average Bonchev–Trinajstić information content (AvgIpc) is 2.97. The molecule has 0 fully saturated rings. The Morgan fingerprint density at radius 1 is 1.25 bits per heavy atom. The number of aryl methyl sites for hydroxylation is 3. The van der Waals surface area contributed by atoms with Crippen molar-refractivity contribution in [2.45, 2.75) is 34.2 Å². The van der Waals surface area contributed by atoms with Crippen molar-refractivity contribution in [1.82, 2.24) is 9.55 Å². The monoisotopic (exact) mass is 402 g/mol. The zero-order valence-corrected chi connectivity index (χ0v) is 16.8. The lowest BCUT2D eigenvalue weighted by molar-refractivity contribution is 0.0531. The first-order valence-corrected chi connectivity index (χ1v) is 9.53. The van der Waals surface area contributed by atoms with Crippen LogP contribution in [0, 0.1) is 26.6 Å². The van der Waals surface area contributed by atoms with Crippen LogP contribution >= 0.6 is 11.3 Å². The second-order valence-electron chi connectivity index (χ2n) is 6.39. The predicted molar refractivity (Wildman–Crippen MR) is 105 cm³/mol. The van der Waals surface area contributed by atoms with Crippen LogP contribution in [0.5, 0.6) is 0 Å². The standard InChI is InChI=1S/C20H19FN2O4S/c1-5-27-20(26)17-11(3)16-18(28-17)22-12(4)23(19(16)25)9-15(24)13-6-7-14(21)10(2)8-13/h6-8H,5,9H2,1-4H3. The van der Waals surface area contributed by atoms with Crippen LogP contribution in [0.1, 0.15) is 43.9 Å². The van der Waals surface area contributed by atoms with E-state index in [4.69, 9.17) is 4.74 Å². The van der Waals surface area contributed by atoms with Crippen molar-refractivity contribution in [2.75, 3.05) is 6.61 Å². The molecule has 0 N–H and O–H groups in total. The summed E-state index contributed by atoms with van der Waals surface area (Å²) in [5, 5.41) is 0.307. The lowest BCUT2D eigenvalue weighted by Crippen LogP contribution is -2.27. The van der Waals surface area contributed by atoms with Gasteiger partial charge in [-0.2, -0.15) is 0 Å². The Balaban J connectivity index is 2.05. The first kappa shape index (κ1) is 19.9. The zero-order valence-electron chi connectivity index (χ0n) is 16.0. The SMILES string of the molecule is CCOC(=O)c1sc2nc(C)n(CC(=O)c3ccc(F)c(C)c3)c(=O)c2c1C. The molecule has 0 atom stereocenters. The summed E-state index contributed by atoms with van der Waals surface area (Å²) in [6.45, 7) is 6.58. The van der Waals surface area contributed by atoms with Crippen molar-refractivity contribution >= 4 is 33.3 Å². The van der Waals surface area contributed by atoms with Crippen LogP contribution in [0.15, 0.2) is 23.0 Å². The molecule has 1 aromatic carbocycles. The summed E-state index contributed by atoms with van der Waals surface area (Å²) in [4.78, 5) is 42.9. The predicted octanol–water partition coefficient (Wildman–Crippen LogP) is 3.58. The molecule has 0 radical (unpaired) electrons. The lowest BCUT2D eigenvalue weighted by Gasteiger charge is -2.09. The van der Waals surface area contributed by atoms with Gasteiger partial charge in [0.15, 0.2) is 5.78 Å². The van der Waals surface area contributed by atoms with Crippen LogP contribution < -0.4 is 5.56 Å². The maximum Gasteiger partial charge on any atom is 0.348 e. The van der Waals surface area contributed by atoms with E-state index in [0.717, 1.165) is 11.3 Å². The van der Waals surface area contributed by atoms with Crippen LogP contribution in [-0.4, -0.2) is 27.9 Å². The third-order valence-corrected chi connectivity index (χ3v) is 5.65. The van der Waals surface area contributed by atoms with Crippen molar-refractivity contribution in [1.29, 1.82) is 0 Å². The highest BCUT2D eigenvalue weighted by Gasteiger charge is 2.22. The van der Waals surface area contributed by atoms with Crippen LogP contribution in [0.25, 0.3) is 10.2 Å². The van der Waals surface area contributed by atoms with Gasteiger partial charge in [0.2, 0.25) is 0 Å². The van der Waals surface area contributed by atoms with Crippen molar-refractivity contribution in [3.63, 3.8) is 0 Å². The summed E-state index contributed by atoms with van der Waals surface area (Å²) < 4.78 is 19.8. The number of ether oxygens (including phenoxy) is 1. The summed E-state index contributed by atoms with van der Waals surface area (Å²) in [7, 11) is 0. The third kappa shape index (κ3) is 3.47. The van der Waals surface area contributed by atoms with E-state index in [1.807, 2.05) is 0 Å². The number of carbonyl (C=O) groups is 2. The number of hydrogen-bond acceptors (Lipinski definition) is 6. The van der Waals surface area contributed by atoms with Gasteiger partial charge in [0.05, 0.1) is 18.5 Å². The minimum atomic E-state index is -0.496. The van der Waals surface area contributed by atoms with Gasteiger partial charge < -0.3 is 4.74 Å². The molecule has 0 aliphatic heterocycles. The van der Waals surface area contributed by atoms with Crippen LogP contribution in [0.3, 0.4) is 0 Å². The van der Waals surface area contributed by atoms with Gasteiger partial charge in [-0.3, -0.25) is 14.2 Å². The number of benzene rings is 1. The number of esters is 1. The minimum absolute atomic E-state index is 0.220. The number of carbonyl (C=O) groups excluding carboxylic acids is 2. The van der Waals surface area contributed by atoms with Gasteiger partial charge in [-0.15, -0.1) is 11.3 Å². The highest BCUT2D eigenvalue weighted by atomic mass is 32.1. The van der Waals surface area contributed by atoms with Crippen molar-refractivity contribution in [3.8, 4) is 0 Å². The number of halogens is 1. The molecule has 0 aliphatic rings. The Bertz CT molecular complexity index is 1160. The van der Waals surface area contributed by atoms with E-state index in [2.05, 4.69) is 4.98 Å². The van der Waals surface area contributed by atoms with Gasteiger partial charge in [-0.25, -0.2) is 14.2 Å². The topological polar surface area (TPSA) is 78.3 Å². The quantitative estimate of drug-likeness (QED) is 0.481. The normalized spacial score (nSPS) is 11.0. The molecule has 0 bridgehead atoms. The Labute approximate surface area is 164 Å². The summed E-state index contributed by atoms with van der Waals surface area (Å²) in [5.74, 6) is -0.855. The van der Waals surface area contributed by atoms with Crippen molar-refractivity contribution < 1.29 is 18.7 Å². The highest BCUT2D eigenvalue weighted by molar-refractivity contribution is 7.20. The zero-order chi connectivity index (χ0) is 20.6. The number of ketones is 1. The number of hydrogen-bond donors (Lipinski definition) is 0. The Morgan fingerprint density at radius 3 is 2.61 bits per heavy atom. The van der Waals surface area contributed by atoms with Crippen LogP contribution in [0.2, 0.25) is 0 Å². The van der Waals surface area contributed by atoms with E-state index in [9.17, 15) is 18.8 Å². The average molecular weight is 402 g/mol. The Morgan fingerprint density at radius 2 is 1.96 bits per heavy atom. The molecule has 3 aromatic rings. The van der Waals surface area contributed by atoms with E-state index in [1.165, 1.54) is 22.8 Å². The molecule has 0 saturated carbocycles. The largest absolute Gasteiger partial charge is 0.462 e. The summed E-state index contributed by atoms with van der Waals surface area (Å²) in [5.41, 5.74) is 0.782. The fraction of sp³-hybridized carbons (Fsp3) is 0.300. The number of thiophene rings is 1. The second-order valence-corrected chi connectivity index (χ2v) is 7.39. The Hall–Kier alpha value is -2.87. The van der Waals surface area contributed by atoms with E-state index in [1.54, 1.807) is 27.7 Å². The molecule has 2 heterocycles. The molecule has 146 valence electrons. The molecule has 2 aromatic heterocycles. The fourth-order valence-electron chi connectivity index (χ4n) is 2.95. The van der Waals surface area contributed by atoms with Gasteiger partial charge >= 0.3 is 5.97 Å². The maximum absolute atomic E-state index is 13.4. The molecule has 28 heavy (non-hydrogen) atoms. The van der Waals surface area contributed by atoms with Crippen LogP contribution in [0.4, 0.5) is 4.39 Å². The van der Waals surface area contributed by atoms with E-state index in [0.29, 0.717) is 37.6 Å². The third-order valence-electron chi connectivity index (χ3n) is 4.48. The van der Waals surface area contributed by atoms with Crippen LogP contribution in [-0.2, 0) is 11.3 Å². The van der Waals surface area contributed by atoms with Gasteiger partial charge in [-0.1, -0.05) is 0 Å². The molecule has 3 rings (SSSR count). The van der Waals surface area contributed by atoms with Crippen molar-refractivity contribution in [3.05, 3.63) is 61.8 Å². The van der Waals surface area contributed by atoms with Gasteiger partial charge in [-0.05, 0) is 57.0 Å². The van der Waals surface area contributed by atoms with Gasteiger partial charge in [0.1, 0.15) is 21.3 Å². The molecule has 8 heteroatoms.